The van der Waals surface area contributed by atoms with E-state index in [2.05, 4.69) is 88.4 Å². The van der Waals surface area contributed by atoms with Crippen LogP contribution in [0.2, 0.25) is 5.04 Å². The van der Waals surface area contributed by atoms with Gasteiger partial charge >= 0.3 is 0 Å². The second-order valence-electron chi connectivity index (χ2n) is 9.06. The van der Waals surface area contributed by atoms with E-state index >= 15 is 0 Å². The van der Waals surface area contributed by atoms with Crippen molar-refractivity contribution in [2.75, 3.05) is 6.61 Å². The van der Waals surface area contributed by atoms with Crippen molar-refractivity contribution in [2.45, 2.75) is 77.0 Å². The summed E-state index contributed by atoms with van der Waals surface area (Å²) in [4.78, 5) is 0. The first-order chi connectivity index (χ1) is 13.5. The average Bonchev–Trinajstić information content (AvgIpc) is 3.19. The molecule has 1 aliphatic heterocycles. The van der Waals surface area contributed by atoms with Gasteiger partial charge in [0.25, 0.3) is 8.32 Å². The van der Waals surface area contributed by atoms with Gasteiger partial charge in [0.15, 0.2) is 0 Å². The Labute approximate surface area is 172 Å². The lowest BCUT2D eigenvalue weighted by atomic mass is 10.1. The highest BCUT2D eigenvalue weighted by molar-refractivity contribution is 6.99. The van der Waals surface area contributed by atoms with Gasteiger partial charge < -0.3 is 9.16 Å². The van der Waals surface area contributed by atoms with Crippen LogP contribution in [0.15, 0.2) is 60.7 Å². The summed E-state index contributed by atoms with van der Waals surface area (Å²) >= 11 is 0. The molecule has 2 aromatic rings. The van der Waals surface area contributed by atoms with Gasteiger partial charge in [-0.25, -0.2) is 0 Å². The van der Waals surface area contributed by atoms with Crippen LogP contribution >= 0.6 is 0 Å². The monoisotopic (exact) mass is 396 g/mol. The van der Waals surface area contributed by atoms with Gasteiger partial charge in [-0.05, 0) is 41.1 Å². The minimum absolute atomic E-state index is 0.0260. The lowest BCUT2D eigenvalue weighted by Crippen LogP contribution is -2.67. The fourth-order valence-electron chi connectivity index (χ4n) is 4.61. The summed E-state index contributed by atoms with van der Waals surface area (Å²) in [5, 5.41) is 2.75. The average molecular weight is 397 g/mol. The van der Waals surface area contributed by atoms with Crippen molar-refractivity contribution in [3.63, 3.8) is 0 Å². The summed E-state index contributed by atoms with van der Waals surface area (Å²) in [5.41, 5.74) is 0. The fraction of sp³-hybridized carbons (Fsp3) is 0.520. The first kappa shape index (κ1) is 21.3. The van der Waals surface area contributed by atoms with Crippen LogP contribution in [0.25, 0.3) is 0 Å². The van der Waals surface area contributed by atoms with Crippen molar-refractivity contribution in [2.24, 2.45) is 0 Å². The van der Waals surface area contributed by atoms with Gasteiger partial charge in [-0.1, -0.05) is 94.8 Å². The van der Waals surface area contributed by atoms with E-state index in [4.69, 9.17) is 9.16 Å². The molecule has 1 fully saturated rings. The summed E-state index contributed by atoms with van der Waals surface area (Å²) in [7, 11) is -2.48. The Morgan fingerprint density at radius 1 is 1.00 bits per heavy atom. The molecule has 0 saturated carbocycles. The minimum Gasteiger partial charge on any atom is -0.404 e. The Morgan fingerprint density at radius 3 is 2.00 bits per heavy atom. The van der Waals surface area contributed by atoms with E-state index in [9.17, 15) is 0 Å². The number of ether oxygens (including phenoxy) is 1. The SMILES string of the molecule is CCC[C@@H](C[C@H]1CCCO1)O[Si](c1ccccc1)(c1ccccc1)C(C)(C)C. The standard InChI is InChI=1S/C25H36O2Si/c1-5-13-22(20-21-14-12-19-26-21)27-28(25(2,3)4,23-15-8-6-9-16-23)24-17-10-7-11-18-24/h6-11,15-18,21-22H,5,12-14,19-20H2,1-4H3/t21-,22+/m1/s1. The Morgan fingerprint density at radius 2 is 1.57 bits per heavy atom. The fourth-order valence-corrected chi connectivity index (χ4v) is 9.34. The third-order valence-electron chi connectivity index (χ3n) is 5.92. The van der Waals surface area contributed by atoms with Crippen LogP contribution in [0, 0.1) is 0 Å². The molecule has 0 unspecified atom stereocenters. The van der Waals surface area contributed by atoms with E-state index in [1.54, 1.807) is 0 Å². The molecule has 0 bridgehead atoms. The van der Waals surface area contributed by atoms with Gasteiger partial charge in [0.2, 0.25) is 0 Å². The molecule has 28 heavy (non-hydrogen) atoms. The van der Waals surface area contributed by atoms with Gasteiger partial charge in [0, 0.05) is 12.7 Å². The molecular formula is C25H36O2Si. The molecule has 0 aliphatic carbocycles. The quantitative estimate of drug-likeness (QED) is 0.564. The Hall–Kier alpha value is -1.42. The number of hydrogen-bond donors (Lipinski definition) is 0. The van der Waals surface area contributed by atoms with Gasteiger partial charge in [0.1, 0.15) is 0 Å². The Balaban J connectivity index is 2.06. The molecule has 3 rings (SSSR count). The normalized spacial score (nSPS) is 18.9. The van der Waals surface area contributed by atoms with E-state index in [-0.39, 0.29) is 11.1 Å². The molecule has 2 aromatic carbocycles. The second-order valence-corrected chi connectivity index (χ2v) is 13.3. The highest BCUT2D eigenvalue weighted by Crippen LogP contribution is 2.38. The molecule has 1 saturated heterocycles. The number of rotatable bonds is 8. The molecule has 0 spiro atoms. The molecule has 0 radical (unpaired) electrons. The van der Waals surface area contributed by atoms with Crippen LogP contribution in [-0.2, 0) is 9.16 Å². The molecule has 2 nitrogen and oxygen atoms in total. The Kier molecular flexibility index (Phi) is 7.13. The van der Waals surface area contributed by atoms with Gasteiger partial charge in [0.05, 0.1) is 6.10 Å². The third-order valence-corrected chi connectivity index (χ3v) is 11.0. The van der Waals surface area contributed by atoms with Crippen LogP contribution in [0.3, 0.4) is 0 Å². The second kappa shape index (κ2) is 9.38. The molecule has 3 heteroatoms. The Bertz CT molecular complexity index is 663. The third kappa shape index (κ3) is 4.59. The first-order valence-corrected chi connectivity index (χ1v) is 12.8. The van der Waals surface area contributed by atoms with Crippen LogP contribution < -0.4 is 10.4 Å². The van der Waals surface area contributed by atoms with Crippen molar-refractivity contribution >= 4 is 18.7 Å². The summed E-state index contributed by atoms with van der Waals surface area (Å²) in [6, 6.07) is 21.9. The summed E-state index contributed by atoms with van der Waals surface area (Å²) < 4.78 is 13.3. The van der Waals surface area contributed by atoms with E-state index in [0.717, 1.165) is 25.9 Å². The molecule has 0 amide bonds. The molecule has 1 heterocycles. The van der Waals surface area contributed by atoms with Gasteiger partial charge in [-0.2, -0.15) is 0 Å². The maximum atomic E-state index is 7.34. The van der Waals surface area contributed by atoms with Crippen molar-refractivity contribution in [3.8, 4) is 0 Å². The minimum atomic E-state index is -2.48. The van der Waals surface area contributed by atoms with Crippen molar-refractivity contribution in [1.29, 1.82) is 0 Å². The predicted molar refractivity (Wildman–Crippen MR) is 121 cm³/mol. The first-order valence-electron chi connectivity index (χ1n) is 10.9. The molecular weight excluding hydrogens is 360 g/mol. The van der Waals surface area contributed by atoms with E-state index < -0.39 is 8.32 Å². The van der Waals surface area contributed by atoms with Crippen LogP contribution in [0.5, 0.6) is 0 Å². The molecule has 152 valence electrons. The number of benzene rings is 2. The summed E-state index contributed by atoms with van der Waals surface area (Å²) in [5.74, 6) is 0. The van der Waals surface area contributed by atoms with Gasteiger partial charge in [-0.3, -0.25) is 0 Å². The summed E-state index contributed by atoms with van der Waals surface area (Å²) in [6.45, 7) is 10.2. The van der Waals surface area contributed by atoms with Crippen LogP contribution in [0.4, 0.5) is 0 Å². The van der Waals surface area contributed by atoms with Crippen molar-refractivity contribution in [1.82, 2.24) is 0 Å². The zero-order valence-electron chi connectivity index (χ0n) is 18.0. The zero-order chi connectivity index (χ0) is 20.0. The van der Waals surface area contributed by atoms with Crippen LogP contribution in [-0.4, -0.2) is 27.1 Å². The summed E-state index contributed by atoms with van der Waals surface area (Å²) in [6.07, 6.45) is 6.18. The maximum Gasteiger partial charge on any atom is 0.261 e. The van der Waals surface area contributed by atoms with E-state index in [1.165, 1.54) is 23.2 Å². The van der Waals surface area contributed by atoms with Crippen molar-refractivity contribution < 1.29 is 9.16 Å². The molecule has 0 aromatic heterocycles. The highest BCUT2D eigenvalue weighted by Gasteiger charge is 2.51. The smallest absolute Gasteiger partial charge is 0.261 e. The predicted octanol–water partition coefficient (Wildman–Crippen LogP) is 5.30. The number of hydrogen-bond acceptors (Lipinski definition) is 2. The molecule has 0 N–H and O–H groups in total. The van der Waals surface area contributed by atoms with Crippen molar-refractivity contribution in [3.05, 3.63) is 60.7 Å². The van der Waals surface area contributed by atoms with E-state index in [1.807, 2.05) is 0 Å². The zero-order valence-corrected chi connectivity index (χ0v) is 19.0. The van der Waals surface area contributed by atoms with Gasteiger partial charge in [-0.15, -0.1) is 0 Å². The maximum absolute atomic E-state index is 7.34. The topological polar surface area (TPSA) is 18.5 Å². The lowest BCUT2D eigenvalue weighted by molar-refractivity contribution is 0.0563. The molecule has 2 atom stereocenters. The molecule has 1 aliphatic rings. The van der Waals surface area contributed by atoms with Crippen LogP contribution in [0.1, 0.15) is 59.8 Å². The largest absolute Gasteiger partial charge is 0.404 e. The lowest BCUT2D eigenvalue weighted by Gasteiger charge is -2.45. The highest BCUT2D eigenvalue weighted by atomic mass is 28.4. The van der Waals surface area contributed by atoms with E-state index in [0.29, 0.717) is 6.10 Å².